The van der Waals surface area contributed by atoms with Crippen molar-refractivity contribution in [3.05, 3.63) is 60.0 Å². The predicted molar refractivity (Wildman–Crippen MR) is 86.6 cm³/mol. The molecule has 2 N–H and O–H groups in total. The third-order valence-electron chi connectivity index (χ3n) is 3.60. The molecule has 6 nitrogen and oxygen atoms in total. The number of rotatable bonds is 4. The minimum Gasteiger partial charge on any atom is -0.481 e. The molecule has 1 aromatic carbocycles. The Bertz CT molecular complexity index is 871. The van der Waals surface area contributed by atoms with Gasteiger partial charge in [0, 0.05) is 35.8 Å². The van der Waals surface area contributed by atoms with Crippen molar-refractivity contribution in [2.45, 2.75) is 6.92 Å². The monoisotopic (exact) mass is 308 g/mol. The number of benzene rings is 1. The Morgan fingerprint density at radius 3 is 2.74 bits per heavy atom. The zero-order valence-electron chi connectivity index (χ0n) is 12.9. The van der Waals surface area contributed by atoms with Gasteiger partial charge >= 0.3 is 0 Å². The van der Waals surface area contributed by atoms with Crippen molar-refractivity contribution in [3.63, 3.8) is 0 Å². The van der Waals surface area contributed by atoms with E-state index in [0.717, 1.165) is 22.6 Å². The number of nitrogens with two attached hydrogens (primary N) is 1. The highest BCUT2D eigenvalue weighted by molar-refractivity contribution is 5.93. The highest BCUT2D eigenvalue weighted by Crippen LogP contribution is 2.25. The molecule has 3 aromatic rings. The number of pyridine rings is 1. The van der Waals surface area contributed by atoms with Gasteiger partial charge in [0.05, 0.1) is 12.8 Å². The lowest BCUT2D eigenvalue weighted by Gasteiger charge is -2.12. The molecule has 2 heterocycles. The van der Waals surface area contributed by atoms with E-state index in [-0.39, 0.29) is 0 Å². The van der Waals surface area contributed by atoms with E-state index in [2.05, 4.69) is 9.97 Å². The Labute approximate surface area is 133 Å². The van der Waals surface area contributed by atoms with E-state index in [9.17, 15) is 4.79 Å². The lowest BCUT2D eigenvalue weighted by molar-refractivity contribution is 0.100. The zero-order chi connectivity index (χ0) is 16.4. The molecule has 3 rings (SSSR count). The number of hydrogen-bond acceptors (Lipinski definition) is 4. The van der Waals surface area contributed by atoms with E-state index in [1.54, 1.807) is 31.6 Å². The van der Waals surface area contributed by atoms with Gasteiger partial charge in [-0.05, 0) is 30.7 Å². The van der Waals surface area contributed by atoms with E-state index in [4.69, 9.17) is 10.5 Å². The lowest BCUT2D eigenvalue weighted by Crippen LogP contribution is -2.12. The summed E-state index contributed by atoms with van der Waals surface area (Å²) in [6.07, 6.45) is 5.22. The minimum atomic E-state index is -0.460. The maximum atomic E-state index is 11.4. The first-order valence-corrected chi connectivity index (χ1v) is 7.04. The van der Waals surface area contributed by atoms with Gasteiger partial charge in [-0.2, -0.15) is 0 Å². The Morgan fingerprint density at radius 1 is 1.17 bits per heavy atom. The summed E-state index contributed by atoms with van der Waals surface area (Å²) in [6, 6.07) is 9.02. The number of nitrogens with zero attached hydrogens (tertiary/aromatic N) is 3. The molecule has 0 saturated heterocycles. The van der Waals surface area contributed by atoms with Gasteiger partial charge in [0.15, 0.2) is 0 Å². The van der Waals surface area contributed by atoms with Crippen LogP contribution in [0.5, 0.6) is 5.88 Å². The van der Waals surface area contributed by atoms with E-state index in [1.807, 2.05) is 35.9 Å². The summed E-state index contributed by atoms with van der Waals surface area (Å²) in [6.45, 7) is 1.97. The van der Waals surface area contributed by atoms with Crippen molar-refractivity contribution < 1.29 is 9.53 Å². The van der Waals surface area contributed by atoms with Crippen molar-refractivity contribution in [1.82, 2.24) is 14.5 Å². The molecule has 0 aliphatic rings. The first-order valence-electron chi connectivity index (χ1n) is 7.04. The maximum absolute atomic E-state index is 11.4. The molecule has 2 aromatic heterocycles. The number of primary amides is 1. The first kappa shape index (κ1) is 14.8. The molecule has 0 spiro atoms. The second kappa shape index (κ2) is 5.92. The van der Waals surface area contributed by atoms with Gasteiger partial charge in [0.25, 0.3) is 0 Å². The summed E-state index contributed by atoms with van der Waals surface area (Å²) >= 11 is 0. The highest BCUT2D eigenvalue weighted by Gasteiger charge is 2.12. The molecule has 1 amide bonds. The number of carbonyl (C=O) groups is 1. The molecule has 116 valence electrons. The topological polar surface area (TPSA) is 83.0 Å². The fourth-order valence-corrected chi connectivity index (χ4v) is 2.39. The Hall–Kier alpha value is -3.15. The second-order valence-electron chi connectivity index (χ2n) is 5.07. The molecule has 0 bridgehead atoms. The van der Waals surface area contributed by atoms with Crippen molar-refractivity contribution >= 4 is 5.91 Å². The molecule has 0 unspecified atom stereocenters. The standard InChI is InChI=1S/C17H16N4O2/c1-11-3-4-12(16(18)22)9-14(11)21-8-7-20-17(21)13-5-6-19-15(10-13)23-2/h3-10H,1-2H3,(H2,18,22). The summed E-state index contributed by atoms with van der Waals surface area (Å²) in [7, 11) is 1.57. The van der Waals surface area contributed by atoms with Gasteiger partial charge in [-0.3, -0.25) is 9.36 Å². The van der Waals surface area contributed by atoms with Crippen molar-refractivity contribution in [1.29, 1.82) is 0 Å². The Morgan fingerprint density at radius 2 is 2.00 bits per heavy atom. The fraction of sp³-hybridized carbons (Fsp3) is 0.118. The van der Waals surface area contributed by atoms with Gasteiger partial charge in [0.1, 0.15) is 5.82 Å². The number of imidazole rings is 1. The van der Waals surface area contributed by atoms with Crippen LogP contribution in [0, 0.1) is 6.92 Å². The Kier molecular flexibility index (Phi) is 3.80. The van der Waals surface area contributed by atoms with Crippen molar-refractivity contribution in [3.8, 4) is 23.0 Å². The maximum Gasteiger partial charge on any atom is 0.248 e. The molecule has 0 atom stereocenters. The van der Waals surface area contributed by atoms with Crippen LogP contribution in [0.15, 0.2) is 48.9 Å². The smallest absolute Gasteiger partial charge is 0.248 e. The summed E-state index contributed by atoms with van der Waals surface area (Å²) in [4.78, 5) is 20.0. The van der Waals surface area contributed by atoms with Crippen molar-refractivity contribution in [2.24, 2.45) is 5.73 Å². The van der Waals surface area contributed by atoms with Crippen LogP contribution in [0.3, 0.4) is 0 Å². The average Bonchev–Trinajstić information content (AvgIpc) is 3.04. The van der Waals surface area contributed by atoms with Crippen LogP contribution in [-0.4, -0.2) is 27.6 Å². The van der Waals surface area contributed by atoms with Gasteiger partial charge in [-0.1, -0.05) is 6.07 Å². The quantitative estimate of drug-likeness (QED) is 0.802. The van der Waals surface area contributed by atoms with Crippen LogP contribution < -0.4 is 10.5 Å². The van der Waals surface area contributed by atoms with E-state index >= 15 is 0 Å². The molecule has 23 heavy (non-hydrogen) atoms. The molecule has 0 radical (unpaired) electrons. The van der Waals surface area contributed by atoms with Gasteiger partial charge in [-0.15, -0.1) is 0 Å². The van der Waals surface area contributed by atoms with Gasteiger partial charge in [-0.25, -0.2) is 9.97 Å². The first-order chi connectivity index (χ1) is 11.1. The molecule has 0 aliphatic heterocycles. The highest BCUT2D eigenvalue weighted by atomic mass is 16.5. The summed E-state index contributed by atoms with van der Waals surface area (Å²) in [5.74, 6) is 0.786. The number of ether oxygens (including phenoxy) is 1. The zero-order valence-corrected chi connectivity index (χ0v) is 12.9. The number of hydrogen-bond donors (Lipinski definition) is 1. The van der Waals surface area contributed by atoms with Crippen LogP contribution in [0.2, 0.25) is 0 Å². The summed E-state index contributed by atoms with van der Waals surface area (Å²) in [5.41, 5.74) is 8.57. The third-order valence-corrected chi connectivity index (χ3v) is 3.60. The van der Waals surface area contributed by atoms with Crippen LogP contribution in [-0.2, 0) is 0 Å². The van der Waals surface area contributed by atoms with Crippen molar-refractivity contribution in [2.75, 3.05) is 7.11 Å². The fourth-order valence-electron chi connectivity index (χ4n) is 2.39. The molecule has 0 aliphatic carbocycles. The number of aromatic nitrogens is 3. The molecule has 0 fully saturated rings. The number of methoxy groups -OCH3 is 1. The normalized spacial score (nSPS) is 10.5. The van der Waals surface area contributed by atoms with E-state index in [0.29, 0.717) is 11.4 Å². The number of amides is 1. The molecular formula is C17H16N4O2. The number of aryl methyl sites for hydroxylation is 1. The predicted octanol–water partition coefficient (Wildman–Crippen LogP) is 2.35. The molecule has 6 heteroatoms. The van der Waals surface area contributed by atoms with Crippen LogP contribution in [0.25, 0.3) is 17.1 Å². The molecular weight excluding hydrogens is 292 g/mol. The van der Waals surface area contributed by atoms with Crippen LogP contribution in [0.1, 0.15) is 15.9 Å². The Balaban J connectivity index is 2.14. The summed E-state index contributed by atoms with van der Waals surface area (Å²) in [5, 5.41) is 0. The summed E-state index contributed by atoms with van der Waals surface area (Å²) < 4.78 is 7.08. The van der Waals surface area contributed by atoms with Gasteiger partial charge < -0.3 is 10.5 Å². The SMILES string of the molecule is COc1cc(-c2nccn2-c2cc(C(N)=O)ccc2C)ccn1. The molecule has 0 saturated carbocycles. The van der Waals surface area contributed by atoms with Crippen LogP contribution in [0.4, 0.5) is 0 Å². The average molecular weight is 308 g/mol. The van der Waals surface area contributed by atoms with Gasteiger partial charge in [0.2, 0.25) is 11.8 Å². The minimum absolute atomic E-state index is 0.456. The second-order valence-corrected chi connectivity index (χ2v) is 5.07. The van der Waals surface area contributed by atoms with E-state index in [1.165, 1.54) is 0 Å². The van der Waals surface area contributed by atoms with Crippen LogP contribution >= 0.6 is 0 Å². The lowest BCUT2D eigenvalue weighted by atomic mass is 10.1. The third kappa shape index (κ3) is 2.78. The largest absolute Gasteiger partial charge is 0.481 e. The number of carbonyl (C=O) groups excluding carboxylic acids is 1. The van der Waals surface area contributed by atoms with E-state index < -0.39 is 5.91 Å².